The number of carbonyl (C=O) groups excluding carboxylic acids is 1. The molecule has 0 saturated carbocycles. The van der Waals surface area contributed by atoms with Crippen molar-refractivity contribution in [1.82, 2.24) is 9.78 Å². The molecule has 2 aromatic carbocycles. The lowest BCUT2D eigenvalue weighted by molar-refractivity contribution is 0.102. The third kappa shape index (κ3) is 3.89. The SMILES string of the molecule is CN(C)c1ccc(Cn2nccc2NC(=O)c2cc3ccccc3oc2=O)cc1. The maximum atomic E-state index is 12.7. The average Bonchev–Trinajstić information content (AvgIpc) is 3.14. The summed E-state index contributed by atoms with van der Waals surface area (Å²) in [5.41, 5.74) is 1.87. The lowest BCUT2D eigenvalue weighted by Gasteiger charge is -2.13. The third-order valence-electron chi connectivity index (χ3n) is 4.63. The molecule has 2 heterocycles. The number of rotatable bonds is 5. The van der Waals surface area contributed by atoms with Crippen LogP contribution in [0.3, 0.4) is 0 Å². The predicted molar refractivity (Wildman–Crippen MR) is 113 cm³/mol. The van der Waals surface area contributed by atoms with E-state index in [4.69, 9.17) is 4.42 Å². The molecule has 1 amide bonds. The minimum absolute atomic E-state index is 0.0493. The van der Waals surface area contributed by atoms with Gasteiger partial charge in [0.25, 0.3) is 5.91 Å². The van der Waals surface area contributed by atoms with Gasteiger partial charge in [-0.05, 0) is 29.8 Å². The fourth-order valence-corrected chi connectivity index (χ4v) is 3.04. The van der Waals surface area contributed by atoms with E-state index in [-0.39, 0.29) is 5.56 Å². The van der Waals surface area contributed by atoms with Gasteiger partial charge in [-0.2, -0.15) is 5.10 Å². The van der Waals surface area contributed by atoms with E-state index in [1.54, 1.807) is 35.1 Å². The van der Waals surface area contributed by atoms with Crippen molar-refractivity contribution in [2.75, 3.05) is 24.3 Å². The Balaban J connectivity index is 1.55. The molecule has 29 heavy (non-hydrogen) atoms. The van der Waals surface area contributed by atoms with E-state index in [1.807, 2.05) is 49.3 Å². The summed E-state index contributed by atoms with van der Waals surface area (Å²) >= 11 is 0. The molecule has 0 saturated heterocycles. The highest BCUT2D eigenvalue weighted by atomic mass is 16.4. The van der Waals surface area contributed by atoms with Crippen molar-refractivity contribution >= 4 is 28.4 Å². The molecule has 0 unspecified atom stereocenters. The van der Waals surface area contributed by atoms with Crippen LogP contribution < -0.4 is 15.8 Å². The van der Waals surface area contributed by atoms with Crippen LogP contribution in [0.25, 0.3) is 11.0 Å². The fourth-order valence-electron chi connectivity index (χ4n) is 3.04. The van der Waals surface area contributed by atoms with E-state index >= 15 is 0 Å². The van der Waals surface area contributed by atoms with E-state index in [0.717, 1.165) is 11.3 Å². The first-order valence-corrected chi connectivity index (χ1v) is 9.13. The Bertz CT molecular complexity index is 1220. The highest BCUT2D eigenvalue weighted by Crippen LogP contribution is 2.17. The zero-order valence-corrected chi connectivity index (χ0v) is 16.1. The first kappa shape index (κ1) is 18.5. The van der Waals surface area contributed by atoms with Crippen molar-refractivity contribution in [3.05, 3.63) is 88.4 Å². The molecule has 0 aliphatic rings. The van der Waals surface area contributed by atoms with Crippen LogP contribution in [0.4, 0.5) is 11.5 Å². The van der Waals surface area contributed by atoms with Gasteiger partial charge in [0.05, 0.1) is 12.7 Å². The van der Waals surface area contributed by atoms with E-state index in [2.05, 4.69) is 10.4 Å². The topological polar surface area (TPSA) is 80.4 Å². The van der Waals surface area contributed by atoms with E-state index in [0.29, 0.717) is 23.3 Å². The Kier molecular flexibility index (Phi) is 4.87. The number of benzene rings is 2. The maximum Gasteiger partial charge on any atom is 0.349 e. The van der Waals surface area contributed by atoms with Gasteiger partial charge in [0.2, 0.25) is 0 Å². The van der Waals surface area contributed by atoms with Gasteiger partial charge in [-0.15, -0.1) is 0 Å². The average molecular weight is 388 g/mol. The second-order valence-electron chi connectivity index (χ2n) is 6.87. The third-order valence-corrected chi connectivity index (χ3v) is 4.63. The lowest BCUT2D eigenvalue weighted by atomic mass is 10.2. The van der Waals surface area contributed by atoms with E-state index in [9.17, 15) is 9.59 Å². The molecule has 0 bridgehead atoms. The first-order valence-electron chi connectivity index (χ1n) is 9.13. The summed E-state index contributed by atoms with van der Waals surface area (Å²) in [7, 11) is 3.97. The van der Waals surface area contributed by atoms with Crippen LogP contribution in [0, 0.1) is 0 Å². The molecular weight excluding hydrogens is 368 g/mol. The van der Waals surface area contributed by atoms with Gasteiger partial charge in [-0.3, -0.25) is 4.79 Å². The highest BCUT2D eigenvalue weighted by molar-refractivity contribution is 6.05. The molecule has 0 aliphatic heterocycles. The van der Waals surface area contributed by atoms with Crippen molar-refractivity contribution in [1.29, 1.82) is 0 Å². The molecular formula is C22H20N4O3. The molecule has 4 aromatic rings. The quantitative estimate of drug-likeness (QED) is 0.530. The van der Waals surface area contributed by atoms with E-state index < -0.39 is 11.5 Å². The number of hydrogen-bond acceptors (Lipinski definition) is 5. The maximum absolute atomic E-state index is 12.7. The van der Waals surface area contributed by atoms with Gasteiger partial charge >= 0.3 is 5.63 Å². The normalized spacial score (nSPS) is 10.8. The summed E-state index contributed by atoms with van der Waals surface area (Å²) in [6.07, 6.45) is 1.60. The zero-order chi connectivity index (χ0) is 20.4. The minimum Gasteiger partial charge on any atom is -0.422 e. The summed E-state index contributed by atoms with van der Waals surface area (Å²) in [5.74, 6) is -0.0338. The Labute approximate surface area is 167 Å². The van der Waals surface area contributed by atoms with Gasteiger partial charge in [0.1, 0.15) is 17.0 Å². The Morgan fingerprint density at radius 3 is 2.62 bits per heavy atom. The van der Waals surface area contributed by atoms with Crippen molar-refractivity contribution in [3.63, 3.8) is 0 Å². The number of anilines is 2. The van der Waals surface area contributed by atoms with Crippen LogP contribution in [0.2, 0.25) is 0 Å². The molecule has 7 nitrogen and oxygen atoms in total. The standard InChI is InChI=1S/C22H20N4O3/c1-25(2)17-9-7-15(8-10-17)14-26-20(11-12-23-26)24-21(27)18-13-16-5-3-4-6-19(16)29-22(18)28/h3-13H,14H2,1-2H3,(H,24,27). The number of aromatic nitrogens is 2. The number of amides is 1. The fraction of sp³-hybridized carbons (Fsp3) is 0.136. The van der Waals surface area contributed by atoms with Crippen LogP contribution in [0.15, 0.2) is 76.1 Å². The van der Waals surface area contributed by atoms with Crippen LogP contribution in [0.5, 0.6) is 0 Å². The number of carbonyl (C=O) groups is 1. The minimum atomic E-state index is -0.675. The molecule has 4 rings (SSSR count). The predicted octanol–water partition coefficient (Wildman–Crippen LogP) is 3.36. The summed E-state index contributed by atoms with van der Waals surface area (Å²) in [5, 5.41) is 7.72. The Morgan fingerprint density at radius 2 is 1.86 bits per heavy atom. The molecule has 0 fully saturated rings. The molecule has 2 aromatic heterocycles. The molecule has 7 heteroatoms. The van der Waals surface area contributed by atoms with Gasteiger partial charge in [-0.25, -0.2) is 9.48 Å². The monoisotopic (exact) mass is 388 g/mol. The summed E-state index contributed by atoms with van der Waals surface area (Å²) in [4.78, 5) is 26.9. The number of hydrogen-bond donors (Lipinski definition) is 1. The molecule has 0 aliphatic carbocycles. The number of nitrogens with one attached hydrogen (secondary N) is 1. The van der Waals surface area contributed by atoms with Crippen molar-refractivity contribution in [3.8, 4) is 0 Å². The summed E-state index contributed by atoms with van der Waals surface area (Å²) < 4.78 is 6.92. The second kappa shape index (κ2) is 7.63. The van der Waals surface area contributed by atoms with Crippen LogP contribution >= 0.6 is 0 Å². The van der Waals surface area contributed by atoms with Crippen molar-refractivity contribution < 1.29 is 9.21 Å². The van der Waals surface area contributed by atoms with Gasteiger partial charge in [-0.1, -0.05) is 30.3 Å². The van der Waals surface area contributed by atoms with Gasteiger partial charge in [0.15, 0.2) is 0 Å². The Morgan fingerprint density at radius 1 is 1.10 bits per heavy atom. The lowest BCUT2D eigenvalue weighted by Crippen LogP contribution is -2.22. The molecule has 0 atom stereocenters. The first-order chi connectivity index (χ1) is 14.0. The van der Waals surface area contributed by atoms with Crippen molar-refractivity contribution in [2.24, 2.45) is 0 Å². The Hall–Kier alpha value is -3.87. The van der Waals surface area contributed by atoms with Gasteiger partial charge < -0.3 is 14.6 Å². The second-order valence-corrected chi connectivity index (χ2v) is 6.87. The molecule has 0 spiro atoms. The zero-order valence-electron chi connectivity index (χ0n) is 16.1. The molecule has 146 valence electrons. The van der Waals surface area contributed by atoms with Crippen LogP contribution in [-0.4, -0.2) is 29.8 Å². The van der Waals surface area contributed by atoms with Gasteiger partial charge in [0, 0.05) is 31.2 Å². The molecule has 0 radical (unpaired) electrons. The molecule has 1 N–H and O–H groups in total. The number of fused-ring (bicyclic) bond motifs is 1. The largest absolute Gasteiger partial charge is 0.422 e. The highest BCUT2D eigenvalue weighted by Gasteiger charge is 2.16. The summed E-state index contributed by atoms with van der Waals surface area (Å²) in [6.45, 7) is 0.489. The smallest absolute Gasteiger partial charge is 0.349 e. The van der Waals surface area contributed by atoms with Crippen LogP contribution in [-0.2, 0) is 6.54 Å². The van der Waals surface area contributed by atoms with Crippen LogP contribution in [0.1, 0.15) is 15.9 Å². The number of para-hydroxylation sites is 1. The van der Waals surface area contributed by atoms with E-state index in [1.165, 1.54) is 6.07 Å². The van der Waals surface area contributed by atoms with Crippen molar-refractivity contribution in [2.45, 2.75) is 6.54 Å². The summed E-state index contributed by atoms with van der Waals surface area (Å²) in [6, 6.07) is 18.4. The number of nitrogens with zero attached hydrogens (tertiary/aromatic N) is 3.